The summed E-state index contributed by atoms with van der Waals surface area (Å²) in [7, 11) is 1.62. The fourth-order valence-corrected chi connectivity index (χ4v) is 5.35. The van der Waals surface area contributed by atoms with Crippen LogP contribution in [0, 0.1) is 5.92 Å². The molecule has 8 heteroatoms. The van der Waals surface area contributed by atoms with E-state index in [1.165, 1.54) is 0 Å². The van der Waals surface area contributed by atoms with Crippen LogP contribution in [-0.2, 0) is 9.53 Å². The molecule has 2 aliphatic rings. The molecule has 0 unspecified atom stereocenters. The third kappa shape index (κ3) is 3.89. The summed E-state index contributed by atoms with van der Waals surface area (Å²) in [6, 6.07) is 17.0. The Balaban J connectivity index is 1.47. The summed E-state index contributed by atoms with van der Waals surface area (Å²) in [6.07, 6.45) is 1.38. The van der Waals surface area contributed by atoms with E-state index in [1.54, 1.807) is 7.11 Å². The maximum Gasteiger partial charge on any atom is 0.309 e. The molecule has 1 saturated heterocycles. The van der Waals surface area contributed by atoms with E-state index < -0.39 is 0 Å². The normalized spacial score (nSPS) is 15.0. The van der Waals surface area contributed by atoms with Crippen LogP contribution in [0.2, 0.25) is 0 Å². The van der Waals surface area contributed by atoms with Gasteiger partial charge in [0.15, 0.2) is 11.5 Å². The molecule has 0 spiro atoms. The maximum atomic E-state index is 13.8. The molecule has 0 atom stereocenters. The highest BCUT2D eigenvalue weighted by molar-refractivity contribution is 6.28. The minimum Gasteiger partial charge on any atom is -0.497 e. The number of piperidine rings is 1. The summed E-state index contributed by atoms with van der Waals surface area (Å²) in [6.45, 7) is 3.55. The molecule has 0 amide bonds. The molecule has 8 nitrogen and oxygen atoms in total. The number of fused-ring (bicyclic) bond motifs is 2. The van der Waals surface area contributed by atoms with Crippen LogP contribution in [0.4, 0.5) is 17.1 Å². The van der Waals surface area contributed by atoms with Gasteiger partial charge < -0.3 is 24.2 Å². The van der Waals surface area contributed by atoms with E-state index in [4.69, 9.17) is 14.0 Å². The third-order valence-corrected chi connectivity index (χ3v) is 7.18. The predicted octanol–water partition coefficient (Wildman–Crippen LogP) is 5.57. The minimum absolute atomic E-state index is 0.0748. The van der Waals surface area contributed by atoms with Crippen LogP contribution in [0.15, 0.2) is 59.1 Å². The molecule has 3 aromatic carbocycles. The van der Waals surface area contributed by atoms with Gasteiger partial charge in [-0.1, -0.05) is 35.5 Å². The lowest BCUT2D eigenvalue weighted by Crippen LogP contribution is -2.37. The van der Waals surface area contributed by atoms with Gasteiger partial charge in [0.05, 0.1) is 42.0 Å². The average Bonchev–Trinajstić information content (AvgIpc) is 3.38. The molecule has 1 aliphatic carbocycles. The highest BCUT2D eigenvalue weighted by Crippen LogP contribution is 2.46. The monoisotopic (exact) mass is 497 g/mol. The number of hydrogen-bond donors (Lipinski definition) is 1. The van der Waals surface area contributed by atoms with Crippen molar-refractivity contribution < 1.29 is 23.6 Å². The van der Waals surface area contributed by atoms with Crippen molar-refractivity contribution in [3.8, 4) is 17.1 Å². The Morgan fingerprint density at radius 1 is 1.11 bits per heavy atom. The summed E-state index contributed by atoms with van der Waals surface area (Å²) in [5, 5.41) is 8.61. The molecule has 4 aromatic rings. The first-order chi connectivity index (χ1) is 18.1. The predicted molar refractivity (Wildman–Crippen MR) is 141 cm³/mol. The zero-order valence-corrected chi connectivity index (χ0v) is 20.7. The summed E-state index contributed by atoms with van der Waals surface area (Å²) < 4.78 is 16.5. The second-order valence-corrected chi connectivity index (χ2v) is 9.30. The Kier molecular flexibility index (Phi) is 5.79. The zero-order chi connectivity index (χ0) is 25.5. The third-order valence-electron chi connectivity index (χ3n) is 7.18. The maximum absolute atomic E-state index is 13.8. The smallest absolute Gasteiger partial charge is 0.309 e. The van der Waals surface area contributed by atoms with Crippen molar-refractivity contribution in [1.29, 1.82) is 0 Å². The Hall–Kier alpha value is -4.33. The van der Waals surface area contributed by atoms with Gasteiger partial charge in [-0.2, -0.15) is 0 Å². The topological polar surface area (TPSA) is 93.9 Å². The number of hydrogen-bond acceptors (Lipinski definition) is 8. The number of aromatic nitrogens is 1. The number of benzene rings is 3. The van der Waals surface area contributed by atoms with E-state index in [0.717, 1.165) is 16.9 Å². The number of nitrogens with one attached hydrogen (secondary N) is 1. The number of rotatable bonds is 6. The summed E-state index contributed by atoms with van der Waals surface area (Å²) in [5.74, 6) is 0.985. The molecule has 1 N–H and O–H groups in total. The van der Waals surface area contributed by atoms with Gasteiger partial charge in [-0.15, -0.1) is 0 Å². The van der Waals surface area contributed by atoms with Gasteiger partial charge in [-0.25, -0.2) is 0 Å². The number of methoxy groups -OCH3 is 1. The van der Waals surface area contributed by atoms with Crippen molar-refractivity contribution in [3.05, 3.63) is 65.7 Å². The van der Waals surface area contributed by atoms with E-state index in [1.807, 2.05) is 61.5 Å². The summed E-state index contributed by atoms with van der Waals surface area (Å²) >= 11 is 0. The van der Waals surface area contributed by atoms with Gasteiger partial charge in [0, 0.05) is 36.0 Å². The number of esters is 1. The van der Waals surface area contributed by atoms with Crippen LogP contribution in [-0.4, -0.2) is 43.7 Å². The van der Waals surface area contributed by atoms with Crippen LogP contribution in [0.5, 0.6) is 5.75 Å². The minimum atomic E-state index is -0.136. The SMILES string of the molecule is CCOC(=O)C1CCN(c2cc(Nc3cccc(OC)c3)c3c4c(onc24)-c2ccccc2C3=O)CC1. The van der Waals surface area contributed by atoms with Gasteiger partial charge >= 0.3 is 5.97 Å². The number of ether oxygens (including phenoxy) is 2. The first-order valence-electron chi connectivity index (χ1n) is 12.5. The Bertz CT molecular complexity index is 1520. The first kappa shape index (κ1) is 23.1. The largest absolute Gasteiger partial charge is 0.497 e. The highest BCUT2D eigenvalue weighted by Gasteiger charge is 2.35. The van der Waals surface area contributed by atoms with E-state index in [-0.39, 0.29) is 17.7 Å². The lowest BCUT2D eigenvalue weighted by Gasteiger charge is -2.33. The van der Waals surface area contributed by atoms with Crippen molar-refractivity contribution in [1.82, 2.24) is 5.16 Å². The Labute approximate surface area is 214 Å². The zero-order valence-electron chi connectivity index (χ0n) is 20.7. The van der Waals surface area contributed by atoms with Crippen LogP contribution < -0.4 is 15.0 Å². The number of ketones is 1. The molecular formula is C29H27N3O5. The molecular weight excluding hydrogens is 470 g/mol. The fourth-order valence-electron chi connectivity index (χ4n) is 5.35. The van der Waals surface area contributed by atoms with E-state index in [0.29, 0.717) is 71.8 Å². The molecule has 1 aliphatic heterocycles. The number of carbonyl (C=O) groups excluding carboxylic acids is 2. The lowest BCUT2D eigenvalue weighted by atomic mass is 9.86. The van der Waals surface area contributed by atoms with E-state index in [2.05, 4.69) is 15.4 Å². The lowest BCUT2D eigenvalue weighted by molar-refractivity contribution is -0.148. The van der Waals surface area contributed by atoms with Gasteiger partial charge in [0.2, 0.25) is 0 Å². The molecule has 1 fully saturated rings. The number of carbonyl (C=O) groups is 2. The van der Waals surface area contributed by atoms with Crippen molar-refractivity contribution in [2.45, 2.75) is 19.8 Å². The van der Waals surface area contributed by atoms with E-state index in [9.17, 15) is 9.59 Å². The van der Waals surface area contributed by atoms with Gasteiger partial charge in [-0.05, 0) is 38.0 Å². The molecule has 6 rings (SSSR count). The van der Waals surface area contributed by atoms with Crippen LogP contribution >= 0.6 is 0 Å². The molecule has 0 bridgehead atoms. The van der Waals surface area contributed by atoms with Gasteiger partial charge in [0.25, 0.3) is 0 Å². The van der Waals surface area contributed by atoms with E-state index >= 15 is 0 Å². The summed E-state index contributed by atoms with van der Waals surface area (Å²) in [4.78, 5) is 28.3. The summed E-state index contributed by atoms with van der Waals surface area (Å²) in [5.41, 5.74) is 4.86. The van der Waals surface area contributed by atoms with Gasteiger partial charge in [0.1, 0.15) is 11.3 Å². The van der Waals surface area contributed by atoms with Crippen LogP contribution in [0.1, 0.15) is 35.7 Å². The van der Waals surface area contributed by atoms with Crippen LogP contribution in [0.25, 0.3) is 22.2 Å². The van der Waals surface area contributed by atoms with Crippen molar-refractivity contribution in [3.63, 3.8) is 0 Å². The van der Waals surface area contributed by atoms with Gasteiger partial charge in [-0.3, -0.25) is 9.59 Å². The molecule has 2 heterocycles. The second-order valence-electron chi connectivity index (χ2n) is 9.30. The van der Waals surface area contributed by atoms with Crippen molar-refractivity contribution in [2.24, 2.45) is 5.92 Å². The molecule has 0 saturated carbocycles. The van der Waals surface area contributed by atoms with Crippen molar-refractivity contribution in [2.75, 3.05) is 37.0 Å². The first-order valence-corrected chi connectivity index (χ1v) is 12.5. The molecule has 0 radical (unpaired) electrons. The fraction of sp³-hybridized carbons (Fsp3) is 0.276. The number of anilines is 3. The number of nitrogens with zero attached hydrogens (tertiary/aromatic N) is 2. The average molecular weight is 498 g/mol. The Morgan fingerprint density at radius 2 is 1.89 bits per heavy atom. The molecule has 1 aromatic heterocycles. The second kappa shape index (κ2) is 9.28. The standard InChI is InChI=1S/C29H27N3O5/c1-3-36-29(34)17-11-13-32(14-12-17)23-16-22(30-18-7-6-8-19(15-18)35-2)24-25-26(23)31-37-28(25)21-10-5-4-9-20(21)27(24)33/h4-10,15-17,30H,3,11-14H2,1-2H3. The van der Waals surface area contributed by atoms with Crippen molar-refractivity contribution >= 4 is 39.7 Å². The molecule has 188 valence electrons. The Morgan fingerprint density at radius 3 is 2.65 bits per heavy atom. The quantitative estimate of drug-likeness (QED) is 0.304. The van der Waals surface area contributed by atoms with Crippen LogP contribution in [0.3, 0.4) is 0 Å². The molecule has 37 heavy (non-hydrogen) atoms. The highest BCUT2D eigenvalue weighted by atomic mass is 16.5.